The first-order valence-electron chi connectivity index (χ1n) is 11.8. The average Bonchev–Trinajstić information content (AvgIpc) is 2.88. The number of ether oxygens (including phenoxy) is 1. The molecule has 0 aliphatic carbocycles. The van der Waals surface area contributed by atoms with E-state index < -0.39 is 22.2 Å². The fourth-order valence-corrected chi connectivity index (χ4v) is 5.05. The lowest BCUT2D eigenvalue weighted by atomic mass is 10.1. The maximum Gasteiger partial charge on any atom is 0.490 e. The number of piperazine rings is 1. The van der Waals surface area contributed by atoms with Crippen LogP contribution in [0.5, 0.6) is 5.75 Å². The Hall–Kier alpha value is -3.16. The van der Waals surface area contributed by atoms with E-state index in [2.05, 4.69) is 5.32 Å². The number of rotatable bonds is 9. The first kappa shape index (κ1) is 31.1. The minimum Gasteiger partial charge on any atom is -0.496 e. The van der Waals surface area contributed by atoms with Crippen molar-refractivity contribution in [2.45, 2.75) is 26.1 Å². The van der Waals surface area contributed by atoms with Crippen LogP contribution in [0, 0.1) is 6.92 Å². The molecular weight excluding hydrogens is 527 g/mol. The molecule has 0 atom stereocenters. The van der Waals surface area contributed by atoms with Gasteiger partial charge in [0.05, 0.1) is 19.3 Å². The number of hydrogen-bond acceptors (Lipinski definition) is 6. The Morgan fingerprint density at radius 3 is 2.21 bits per heavy atom. The molecule has 2 aromatic rings. The molecule has 0 radical (unpaired) electrons. The first-order chi connectivity index (χ1) is 17.8. The van der Waals surface area contributed by atoms with Gasteiger partial charge in [-0.1, -0.05) is 48.0 Å². The van der Waals surface area contributed by atoms with Gasteiger partial charge in [-0.25, -0.2) is 13.2 Å². The number of aryl methyl sites for hydroxylation is 1. The van der Waals surface area contributed by atoms with Crippen LogP contribution in [0.4, 0.5) is 13.2 Å². The maximum absolute atomic E-state index is 13.2. The number of aliphatic carboxylic acids is 1. The second-order valence-electron chi connectivity index (χ2n) is 8.56. The van der Waals surface area contributed by atoms with Crippen molar-refractivity contribution < 1.29 is 41.0 Å². The summed E-state index contributed by atoms with van der Waals surface area (Å²) >= 11 is 0. The van der Waals surface area contributed by atoms with Crippen molar-refractivity contribution in [1.29, 1.82) is 0 Å². The van der Waals surface area contributed by atoms with Crippen LogP contribution in [0.25, 0.3) is 0 Å². The van der Waals surface area contributed by atoms with Gasteiger partial charge in [0.2, 0.25) is 15.9 Å². The number of carboxylic acid groups (broad SMARTS) is 1. The largest absolute Gasteiger partial charge is 0.496 e. The molecular formula is C25H32F3N3O6S. The van der Waals surface area contributed by atoms with Gasteiger partial charge in [-0.05, 0) is 18.6 Å². The summed E-state index contributed by atoms with van der Waals surface area (Å²) in [7, 11) is -1.84. The number of nitrogens with one attached hydrogen (secondary N) is 1. The van der Waals surface area contributed by atoms with E-state index in [1.807, 2.05) is 55.5 Å². The van der Waals surface area contributed by atoms with E-state index in [9.17, 15) is 26.4 Å². The Balaban J connectivity index is 0.000000638. The second-order valence-corrected chi connectivity index (χ2v) is 10.6. The van der Waals surface area contributed by atoms with E-state index in [0.717, 1.165) is 16.7 Å². The van der Waals surface area contributed by atoms with Crippen LogP contribution in [-0.2, 0) is 32.6 Å². The van der Waals surface area contributed by atoms with Crippen LogP contribution >= 0.6 is 0 Å². The number of alkyl halides is 3. The van der Waals surface area contributed by atoms with Gasteiger partial charge in [0.15, 0.2) is 0 Å². The monoisotopic (exact) mass is 559 g/mol. The Morgan fingerprint density at radius 1 is 1.08 bits per heavy atom. The number of nitrogens with zero attached hydrogens (tertiary/aromatic N) is 2. The predicted octanol–water partition coefficient (Wildman–Crippen LogP) is 2.44. The molecule has 2 N–H and O–H groups in total. The normalized spacial score (nSPS) is 14.2. The van der Waals surface area contributed by atoms with E-state index in [1.165, 1.54) is 4.31 Å². The van der Waals surface area contributed by atoms with Gasteiger partial charge in [0, 0.05) is 44.8 Å². The van der Waals surface area contributed by atoms with Gasteiger partial charge in [-0.2, -0.15) is 17.5 Å². The molecule has 13 heteroatoms. The number of carbonyl (C=O) groups is 2. The zero-order valence-corrected chi connectivity index (χ0v) is 22.0. The van der Waals surface area contributed by atoms with Crippen LogP contribution in [-0.4, -0.2) is 86.4 Å². The molecule has 38 heavy (non-hydrogen) atoms. The van der Waals surface area contributed by atoms with Crippen molar-refractivity contribution in [1.82, 2.24) is 14.5 Å². The Bertz CT molecular complexity index is 1170. The lowest BCUT2D eigenvalue weighted by molar-refractivity contribution is -0.192. The molecule has 1 aliphatic rings. The summed E-state index contributed by atoms with van der Waals surface area (Å²) in [6, 6.07) is 15.3. The third-order valence-corrected chi connectivity index (χ3v) is 7.56. The van der Waals surface area contributed by atoms with Gasteiger partial charge in [0.1, 0.15) is 5.75 Å². The summed E-state index contributed by atoms with van der Waals surface area (Å²) in [5.74, 6) is -2.28. The van der Waals surface area contributed by atoms with Crippen molar-refractivity contribution in [3.8, 4) is 5.75 Å². The number of hydrogen-bond donors (Lipinski definition) is 2. The quantitative estimate of drug-likeness (QED) is 0.485. The molecule has 0 aromatic heterocycles. The maximum atomic E-state index is 13.2. The third-order valence-electron chi connectivity index (χ3n) is 5.71. The van der Waals surface area contributed by atoms with Gasteiger partial charge in [0.25, 0.3) is 0 Å². The van der Waals surface area contributed by atoms with E-state index in [-0.39, 0.29) is 24.6 Å². The highest BCUT2D eigenvalue weighted by atomic mass is 32.2. The second kappa shape index (κ2) is 14.1. The van der Waals surface area contributed by atoms with Crippen LogP contribution in [0.15, 0.2) is 48.5 Å². The van der Waals surface area contributed by atoms with Gasteiger partial charge < -0.3 is 20.1 Å². The van der Waals surface area contributed by atoms with Gasteiger partial charge >= 0.3 is 12.1 Å². The Labute approximate surface area is 220 Å². The lowest BCUT2D eigenvalue weighted by Gasteiger charge is -2.29. The smallest absolute Gasteiger partial charge is 0.490 e. The summed E-state index contributed by atoms with van der Waals surface area (Å²) in [5, 5.41) is 10.3. The molecule has 0 saturated carbocycles. The number of para-hydroxylation sites is 1. The van der Waals surface area contributed by atoms with Crippen LogP contribution in [0.3, 0.4) is 0 Å². The number of carboxylic acids is 1. The molecule has 0 spiro atoms. The minimum absolute atomic E-state index is 0.0954. The van der Waals surface area contributed by atoms with Crippen molar-refractivity contribution >= 4 is 21.9 Å². The molecule has 9 nitrogen and oxygen atoms in total. The SMILES string of the molecule is COc1ccccc1CN(CCS(=O)(=O)N1CCNCC1)C(=O)Cc1ccc(C)cc1.O=C(O)C(F)(F)F. The number of amides is 1. The van der Waals surface area contributed by atoms with E-state index in [1.54, 1.807) is 12.0 Å². The lowest BCUT2D eigenvalue weighted by Crippen LogP contribution is -2.48. The van der Waals surface area contributed by atoms with Crippen LogP contribution in [0.2, 0.25) is 0 Å². The highest BCUT2D eigenvalue weighted by molar-refractivity contribution is 7.89. The zero-order valence-electron chi connectivity index (χ0n) is 21.2. The molecule has 0 bridgehead atoms. The van der Waals surface area contributed by atoms with Crippen LogP contribution in [0.1, 0.15) is 16.7 Å². The Morgan fingerprint density at radius 2 is 1.66 bits per heavy atom. The average molecular weight is 560 g/mol. The fraction of sp³-hybridized carbons (Fsp3) is 0.440. The van der Waals surface area contributed by atoms with E-state index in [0.29, 0.717) is 38.5 Å². The standard InChI is InChI=1S/C23H31N3O4S.C2HF3O2/c1-19-7-9-20(10-8-19)17-23(27)25(18-21-5-3-4-6-22(21)30-2)15-16-31(28,29)26-13-11-24-12-14-26;3-2(4,5)1(6)7/h3-10,24H,11-18H2,1-2H3;(H,6,7). The zero-order chi connectivity index (χ0) is 28.3. The molecule has 3 rings (SSSR count). The molecule has 1 aliphatic heterocycles. The summed E-state index contributed by atoms with van der Waals surface area (Å²) in [4.78, 5) is 23.7. The number of benzene rings is 2. The van der Waals surface area contributed by atoms with Crippen molar-refractivity contribution in [2.24, 2.45) is 0 Å². The fourth-order valence-electron chi connectivity index (χ4n) is 3.60. The van der Waals surface area contributed by atoms with Crippen molar-refractivity contribution in [2.75, 3.05) is 45.6 Å². The number of sulfonamides is 1. The first-order valence-corrected chi connectivity index (χ1v) is 13.4. The van der Waals surface area contributed by atoms with E-state index in [4.69, 9.17) is 14.6 Å². The molecule has 1 fully saturated rings. The molecule has 1 saturated heterocycles. The Kier molecular flexibility index (Phi) is 11.5. The highest BCUT2D eigenvalue weighted by Gasteiger charge is 2.38. The molecule has 2 aromatic carbocycles. The third kappa shape index (κ3) is 9.95. The predicted molar refractivity (Wildman–Crippen MR) is 135 cm³/mol. The summed E-state index contributed by atoms with van der Waals surface area (Å²) in [5.41, 5.74) is 2.89. The summed E-state index contributed by atoms with van der Waals surface area (Å²) in [6.45, 7) is 4.66. The molecule has 0 unspecified atom stereocenters. The molecule has 210 valence electrons. The van der Waals surface area contributed by atoms with Gasteiger partial charge in [-0.15, -0.1) is 0 Å². The minimum atomic E-state index is -5.08. The molecule has 1 heterocycles. The van der Waals surface area contributed by atoms with Crippen molar-refractivity contribution in [3.63, 3.8) is 0 Å². The van der Waals surface area contributed by atoms with Crippen LogP contribution < -0.4 is 10.1 Å². The number of carbonyl (C=O) groups excluding carboxylic acids is 1. The van der Waals surface area contributed by atoms with Gasteiger partial charge in [-0.3, -0.25) is 4.79 Å². The van der Waals surface area contributed by atoms with Crippen molar-refractivity contribution in [3.05, 3.63) is 65.2 Å². The topological polar surface area (TPSA) is 116 Å². The highest BCUT2D eigenvalue weighted by Crippen LogP contribution is 2.20. The number of halogens is 3. The molecule has 1 amide bonds. The number of methoxy groups -OCH3 is 1. The summed E-state index contributed by atoms with van der Waals surface area (Å²) in [6.07, 6.45) is -4.86. The summed E-state index contributed by atoms with van der Waals surface area (Å²) < 4.78 is 64.3. The van der Waals surface area contributed by atoms with E-state index >= 15 is 0 Å².